The van der Waals surface area contributed by atoms with Gasteiger partial charge < -0.3 is 15.3 Å². The fourth-order valence-corrected chi connectivity index (χ4v) is 2.32. The van der Waals surface area contributed by atoms with Crippen LogP contribution in [0, 0.1) is 5.92 Å². The lowest BCUT2D eigenvalue weighted by atomic mass is 10.1. The fraction of sp³-hybridized carbons (Fsp3) is 0.846. The van der Waals surface area contributed by atoms with Crippen molar-refractivity contribution < 1.29 is 14.7 Å². The largest absolute Gasteiger partial charge is 0.480 e. The van der Waals surface area contributed by atoms with Gasteiger partial charge in [0.2, 0.25) is 0 Å². The van der Waals surface area contributed by atoms with E-state index in [1.807, 2.05) is 4.90 Å². The number of carboxylic acids is 1. The normalized spacial score (nSPS) is 15.9. The number of carbonyl (C=O) groups excluding carboxylic acids is 1. The van der Waals surface area contributed by atoms with Gasteiger partial charge in [-0.05, 0) is 25.2 Å². The van der Waals surface area contributed by atoms with Gasteiger partial charge in [-0.15, -0.1) is 0 Å². The van der Waals surface area contributed by atoms with Crippen molar-refractivity contribution in [2.24, 2.45) is 5.92 Å². The predicted molar refractivity (Wildman–Crippen MR) is 69.5 cm³/mol. The first-order valence-corrected chi connectivity index (χ1v) is 6.77. The fourth-order valence-electron chi connectivity index (χ4n) is 2.32. The van der Waals surface area contributed by atoms with Gasteiger partial charge in [0.05, 0.1) is 0 Å². The van der Waals surface area contributed by atoms with Gasteiger partial charge in [-0.3, -0.25) is 4.79 Å². The van der Waals surface area contributed by atoms with Gasteiger partial charge in [0.25, 0.3) is 0 Å². The second kappa shape index (κ2) is 7.24. The van der Waals surface area contributed by atoms with E-state index in [9.17, 15) is 9.59 Å². The Morgan fingerprint density at radius 3 is 2.44 bits per heavy atom. The molecule has 5 heteroatoms. The molecule has 5 nitrogen and oxygen atoms in total. The topological polar surface area (TPSA) is 69.6 Å². The van der Waals surface area contributed by atoms with Gasteiger partial charge in [-0.25, -0.2) is 4.79 Å². The van der Waals surface area contributed by atoms with Crippen molar-refractivity contribution in [1.82, 2.24) is 10.2 Å². The van der Waals surface area contributed by atoms with Gasteiger partial charge in [0, 0.05) is 12.6 Å². The summed E-state index contributed by atoms with van der Waals surface area (Å²) in [6.45, 7) is 4.67. The standard InChI is InChI=1S/C13H24N2O3/c1-10(2)7-8-15(11-5-3-4-6-11)13(18)14-9-12(16)17/h10-11H,3-9H2,1-2H3,(H,14,18)(H,16,17). The molecule has 1 aliphatic rings. The first-order valence-electron chi connectivity index (χ1n) is 6.77. The summed E-state index contributed by atoms with van der Waals surface area (Å²) in [6, 6.07) is 0.0579. The summed E-state index contributed by atoms with van der Waals surface area (Å²) in [5, 5.41) is 11.1. The number of nitrogens with zero attached hydrogens (tertiary/aromatic N) is 1. The van der Waals surface area contributed by atoms with Gasteiger partial charge >= 0.3 is 12.0 Å². The molecular formula is C13H24N2O3. The van der Waals surface area contributed by atoms with Crippen LogP contribution in [0.15, 0.2) is 0 Å². The molecule has 0 saturated heterocycles. The predicted octanol–water partition coefficient (Wildman–Crippen LogP) is 2.07. The zero-order valence-electron chi connectivity index (χ0n) is 11.3. The SMILES string of the molecule is CC(C)CCN(C(=O)NCC(=O)O)C1CCCC1. The molecule has 0 aromatic heterocycles. The zero-order chi connectivity index (χ0) is 13.5. The molecule has 104 valence electrons. The number of carbonyl (C=O) groups is 2. The summed E-state index contributed by atoms with van der Waals surface area (Å²) in [6.07, 6.45) is 5.36. The Hall–Kier alpha value is -1.26. The van der Waals surface area contributed by atoms with Crippen LogP contribution in [-0.2, 0) is 4.79 Å². The van der Waals surface area contributed by atoms with Crippen molar-refractivity contribution >= 4 is 12.0 Å². The average molecular weight is 256 g/mol. The molecule has 2 N–H and O–H groups in total. The summed E-state index contributed by atoms with van der Waals surface area (Å²) in [5.41, 5.74) is 0. The van der Waals surface area contributed by atoms with Crippen molar-refractivity contribution in [2.75, 3.05) is 13.1 Å². The molecule has 2 amide bonds. The van der Waals surface area contributed by atoms with Crippen LogP contribution in [0.4, 0.5) is 4.79 Å². The summed E-state index contributed by atoms with van der Waals surface area (Å²) >= 11 is 0. The number of hydrogen-bond acceptors (Lipinski definition) is 2. The van der Waals surface area contributed by atoms with Crippen LogP contribution in [0.5, 0.6) is 0 Å². The summed E-state index contributed by atoms with van der Waals surface area (Å²) in [5.74, 6) is -0.459. The number of carboxylic acid groups (broad SMARTS) is 1. The van der Waals surface area contributed by atoms with Crippen molar-refractivity contribution in [2.45, 2.75) is 52.0 Å². The highest BCUT2D eigenvalue weighted by Gasteiger charge is 2.26. The Morgan fingerprint density at radius 1 is 1.33 bits per heavy atom. The molecule has 0 spiro atoms. The number of aliphatic carboxylic acids is 1. The van der Waals surface area contributed by atoms with Crippen LogP contribution in [-0.4, -0.2) is 41.1 Å². The number of rotatable bonds is 6. The second-order valence-electron chi connectivity index (χ2n) is 5.37. The van der Waals surface area contributed by atoms with E-state index in [1.54, 1.807) is 0 Å². The smallest absolute Gasteiger partial charge is 0.323 e. The van der Waals surface area contributed by atoms with Gasteiger partial charge in [-0.2, -0.15) is 0 Å². The van der Waals surface area contributed by atoms with Crippen LogP contribution < -0.4 is 5.32 Å². The van der Waals surface area contributed by atoms with Gasteiger partial charge in [0.1, 0.15) is 6.54 Å². The summed E-state index contributed by atoms with van der Waals surface area (Å²) < 4.78 is 0. The van der Waals surface area contributed by atoms with Crippen LogP contribution >= 0.6 is 0 Å². The number of amides is 2. The Labute approximate surface area is 109 Å². The maximum absolute atomic E-state index is 12.0. The van der Waals surface area contributed by atoms with Crippen molar-refractivity contribution in [3.63, 3.8) is 0 Å². The molecule has 0 radical (unpaired) electrons. The van der Waals surface area contributed by atoms with Crippen molar-refractivity contribution in [3.05, 3.63) is 0 Å². The molecule has 0 aromatic carbocycles. The quantitative estimate of drug-likeness (QED) is 0.764. The third-order valence-corrected chi connectivity index (χ3v) is 3.36. The van der Waals surface area contributed by atoms with E-state index in [0.29, 0.717) is 12.5 Å². The Bertz CT molecular complexity index is 286. The second-order valence-corrected chi connectivity index (χ2v) is 5.37. The lowest BCUT2D eigenvalue weighted by Gasteiger charge is -2.29. The molecule has 0 aromatic rings. The lowest BCUT2D eigenvalue weighted by Crippen LogP contribution is -2.47. The number of hydrogen-bond donors (Lipinski definition) is 2. The molecule has 0 atom stereocenters. The first kappa shape index (κ1) is 14.8. The van der Waals surface area contributed by atoms with Crippen molar-refractivity contribution in [3.8, 4) is 0 Å². The van der Waals surface area contributed by atoms with Gasteiger partial charge in [0.15, 0.2) is 0 Å². The van der Waals surface area contributed by atoms with Crippen LogP contribution in [0.1, 0.15) is 46.0 Å². The molecule has 1 aliphatic carbocycles. The van der Waals surface area contributed by atoms with E-state index >= 15 is 0 Å². The van der Waals surface area contributed by atoms with Crippen LogP contribution in [0.2, 0.25) is 0 Å². The molecule has 0 bridgehead atoms. The minimum absolute atomic E-state index is 0.232. The molecule has 0 aliphatic heterocycles. The van der Waals surface area contributed by atoms with Crippen LogP contribution in [0.3, 0.4) is 0 Å². The zero-order valence-corrected chi connectivity index (χ0v) is 11.3. The van der Waals surface area contributed by atoms with E-state index in [1.165, 1.54) is 0 Å². The van der Waals surface area contributed by atoms with Crippen molar-refractivity contribution in [1.29, 1.82) is 0 Å². The third-order valence-electron chi connectivity index (χ3n) is 3.36. The molecule has 1 rings (SSSR count). The highest BCUT2D eigenvalue weighted by molar-refractivity contribution is 5.80. The van der Waals surface area contributed by atoms with E-state index < -0.39 is 5.97 Å². The van der Waals surface area contributed by atoms with E-state index in [2.05, 4.69) is 19.2 Å². The maximum atomic E-state index is 12.0. The Morgan fingerprint density at radius 2 is 1.94 bits per heavy atom. The van der Waals surface area contributed by atoms with E-state index in [4.69, 9.17) is 5.11 Å². The molecule has 18 heavy (non-hydrogen) atoms. The summed E-state index contributed by atoms with van der Waals surface area (Å²) in [4.78, 5) is 24.3. The monoisotopic (exact) mass is 256 g/mol. The molecule has 1 saturated carbocycles. The minimum atomic E-state index is -1.00. The van der Waals surface area contributed by atoms with Crippen LogP contribution in [0.25, 0.3) is 0 Å². The highest BCUT2D eigenvalue weighted by atomic mass is 16.4. The third kappa shape index (κ3) is 4.94. The highest BCUT2D eigenvalue weighted by Crippen LogP contribution is 2.24. The average Bonchev–Trinajstić information content (AvgIpc) is 2.79. The van der Waals surface area contributed by atoms with E-state index in [-0.39, 0.29) is 18.6 Å². The lowest BCUT2D eigenvalue weighted by molar-refractivity contribution is -0.135. The van der Waals surface area contributed by atoms with E-state index in [0.717, 1.165) is 32.1 Å². The Balaban J connectivity index is 2.51. The van der Waals surface area contributed by atoms with Gasteiger partial charge in [-0.1, -0.05) is 26.7 Å². The summed E-state index contributed by atoms with van der Waals surface area (Å²) in [7, 11) is 0. The minimum Gasteiger partial charge on any atom is -0.480 e. The number of urea groups is 1. The Kier molecular flexibility index (Phi) is 5.95. The molecule has 0 heterocycles. The molecule has 1 fully saturated rings. The number of nitrogens with one attached hydrogen (secondary N) is 1. The maximum Gasteiger partial charge on any atom is 0.323 e. The molecular weight excluding hydrogens is 232 g/mol. The molecule has 0 unspecified atom stereocenters. The first-order chi connectivity index (χ1) is 8.50.